The van der Waals surface area contributed by atoms with Crippen molar-refractivity contribution in [3.05, 3.63) is 95.1 Å². The predicted molar refractivity (Wildman–Crippen MR) is 155 cm³/mol. The van der Waals surface area contributed by atoms with Gasteiger partial charge in [0, 0.05) is 24.2 Å². The molecule has 1 aliphatic heterocycles. The van der Waals surface area contributed by atoms with Crippen molar-refractivity contribution in [2.75, 3.05) is 13.2 Å². The largest absolute Gasteiger partial charge is 0.508 e. The van der Waals surface area contributed by atoms with E-state index in [9.17, 15) is 24.6 Å². The summed E-state index contributed by atoms with van der Waals surface area (Å²) in [5.41, 5.74) is 2.02. The topological polar surface area (TPSA) is 128 Å². The second kappa shape index (κ2) is 14.0. The van der Waals surface area contributed by atoms with Crippen LogP contribution in [0.1, 0.15) is 40.4 Å². The molecule has 0 saturated carbocycles. The zero-order chi connectivity index (χ0) is 30.2. The Morgan fingerprint density at radius 1 is 1.05 bits per heavy atom. The van der Waals surface area contributed by atoms with Gasteiger partial charge in [0.1, 0.15) is 23.7 Å². The van der Waals surface area contributed by atoms with Crippen molar-refractivity contribution in [1.82, 2.24) is 15.5 Å². The Balaban J connectivity index is 1.50. The van der Waals surface area contributed by atoms with Crippen LogP contribution in [0.2, 0.25) is 0 Å². The molecule has 4 rings (SSSR count). The van der Waals surface area contributed by atoms with Gasteiger partial charge in [0.05, 0.1) is 12.6 Å². The molecule has 3 aromatic carbocycles. The second-order valence-corrected chi connectivity index (χ2v) is 10.2. The predicted octanol–water partition coefficient (Wildman–Crippen LogP) is 3.06. The van der Waals surface area contributed by atoms with Gasteiger partial charge in [0.15, 0.2) is 6.10 Å². The van der Waals surface area contributed by atoms with Crippen molar-refractivity contribution in [2.45, 2.75) is 57.6 Å². The van der Waals surface area contributed by atoms with Gasteiger partial charge in [-0.3, -0.25) is 14.4 Å². The first-order valence-electron chi connectivity index (χ1n) is 13.9. The van der Waals surface area contributed by atoms with E-state index in [4.69, 9.17) is 4.74 Å². The highest BCUT2D eigenvalue weighted by Gasteiger charge is 2.45. The number of alkyl halides is 1. The van der Waals surface area contributed by atoms with Crippen molar-refractivity contribution in [2.24, 2.45) is 0 Å². The number of aromatic hydroxyl groups is 1. The van der Waals surface area contributed by atoms with Crippen LogP contribution in [0.3, 0.4) is 0 Å². The van der Waals surface area contributed by atoms with Crippen LogP contribution in [0.25, 0.3) is 0 Å². The number of benzene rings is 3. The minimum absolute atomic E-state index is 0.0609. The summed E-state index contributed by atoms with van der Waals surface area (Å²) in [5.74, 6) is -1.56. The number of aliphatic hydroxyl groups excluding tert-OH is 1. The lowest BCUT2D eigenvalue weighted by atomic mass is 9.98. The molecule has 9 nitrogen and oxygen atoms in total. The number of phenolic OH excluding ortho intramolecular Hbond substituents is 1. The molecule has 1 heterocycles. The molecule has 1 fully saturated rings. The summed E-state index contributed by atoms with van der Waals surface area (Å²) in [6.45, 7) is 3.97. The third-order valence-corrected chi connectivity index (χ3v) is 7.35. The number of hydrogen-bond donors (Lipinski definition) is 4. The van der Waals surface area contributed by atoms with Gasteiger partial charge in [-0.05, 0) is 62.1 Å². The molecule has 3 aromatic rings. The Hall–Kier alpha value is -4.44. The van der Waals surface area contributed by atoms with Gasteiger partial charge >= 0.3 is 0 Å². The maximum absolute atomic E-state index is 15.0. The smallest absolute Gasteiger partial charge is 0.254 e. The van der Waals surface area contributed by atoms with Crippen molar-refractivity contribution < 1.29 is 33.7 Å². The SMILES string of the molecule is CCOc1cccc(CNC(=O)C2[C@H](F)CCN2C(=O)[C@@H](O)[C@H](Cc2ccccc2)NC(=O)c2cccc(O)c2C)c1. The number of carbonyl (C=O) groups is 3. The summed E-state index contributed by atoms with van der Waals surface area (Å²) in [4.78, 5) is 40.9. The fourth-order valence-corrected chi connectivity index (χ4v) is 5.08. The Morgan fingerprint density at radius 2 is 1.76 bits per heavy atom. The highest BCUT2D eigenvalue weighted by atomic mass is 19.1. The van der Waals surface area contributed by atoms with E-state index in [0.717, 1.165) is 16.0 Å². The molecular weight excluding hydrogens is 541 g/mol. The van der Waals surface area contributed by atoms with E-state index in [0.29, 0.717) is 17.9 Å². The number of amides is 3. The molecule has 0 bridgehead atoms. The number of hydrogen-bond acceptors (Lipinski definition) is 6. The number of carbonyl (C=O) groups excluding carboxylic acids is 3. The van der Waals surface area contributed by atoms with E-state index < -0.39 is 42.1 Å². The third-order valence-electron chi connectivity index (χ3n) is 7.35. The summed E-state index contributed by atoms with van der Waals surface area (Å²) in [5, 5.41) is 26.7. The number of likely N-dealkylation sites (tertiary alicyclic amines) is 1. The minimum atomic E-state index is -1.77. The molecule has 3 amide bonds. The van der Waals surface area contributed by atoms with E-state index in [2.05, 4.69) is 10.6 Å². The molecule has 4 atom stereocenters. The van der Waals surface area contributed by atoms with E-state index in [1.165, 1.54) is 18.2 Å². The highest BCUT2D eigenvalue weighted by Crippen LogP contribution is 2.25. The molecule has 10 heteroatoms. The molecule has 222 valence electrons. The van der Waals surface area contributed by atoms with Gasteiger partial charge in [-0.25, -0.2) is 4.39 Å². The maximum Gasteiger partial charge on any atom is 0.254 e. The standard InChI is InChI=1S/C32H36FN3O6/c1-3-42-23-12-7-11-22(17-23)19-34-31(40)28-25(33)15-16-36(28)32(41)29(38)26(18-21-9-5-4-6-10-21)35-30(39)24-13-8-14-27(37)20(24)2/h4-14,17,25-26,28-29,37-38H,3,15-16,18-19H2,1-2H3,(H,34,40)(H,35,39)/t25-,26+,28?,29+/m1/s1. The summed E-state index contributed by atoms with van der Waals surface area (Å²) in [7, 11) is 0. The lowest BCUT2D eigenvalue weighted by Gasteiger charge is -2.30. The molecule has 1 aliphatic rings. The summed E-state index contributed by atoms with van der Waals surface area (Å²) in [6, 6.07) is 18.1. The average Bonchev–Trinajstić information content (AvgIpc) is 3.38. The van der Waals surface area contributed by atoms with Crippen LogP contribution in [0.5, 0.6) is 11.5 Å². The van der Waals surface area contributed by atoms with Crippen LogP contribution in [0.15, 0.2) is 72.8 Å². The van der Waals surface area contributed by atoms with E-state index in [1.807, 2.05) is 13.0 Å². The lowest BCUT2D eigenvalue weighted by Crippen LogP contribution is -2.57. The fourth-order valence-electron chi connectivity index (χ4n) is 5.08. The first kappa shape index (κ1) is 30.5. The molecule has 42 heavy (non-hydrogen) atoms. The molecule has 0 aromatic heterocycles. The van der Waals surface area contributed by atoms with Crippen LogP contribution in [0, 0.1) is 6.92 Å². The van der Waals surface area contributed by atoms with Crippen molar-refractivity contribution in [3.63, 3.8) is 0 Å². The van der Waals surface area contributed by atoms with Gasteiger partial charge in [0.25, 0.3) is 11.8 Å². The van der Waals surface area contributed by atoms with Gasteiger partial charge < -0.3 is 30.5 Å². The van der Waals surface area contributed by atoms with Crippen molar-refractivity contribution in [1.29, 1.82) is 0 Å². The summed E-state index contributed by atoms with van der Waals surface area (Å²) >= 11 is 0. The molecule has 1 unspecified atom stereocenters. The molecule has 0 radical (unpaired) electrons. The summed E-state index contributed by atoms with van der Waals surface area (Å²) < 4.78 is 20.5. The number of nitrogens with zero attached hydrogens (tertiary/aromatic N) is 1. The number of nitrogens with one attached hydrogen (secondary N) is 2. The van der Waals surface area contributed by atoms with Crippen LogP contribution < -0.4 is 15.4 Å². The Labute approximate surface area is 244 Å². The second-order valence-electron chi connectivity index (χ2n) is 10.2. The third kappa shape index (κ3) is 7.25. The van der Waals surface area contributed by atoms with Gasteiger partial charge in [-0.2, -0.15) is 0 Å². The van der Waals surface area contributed by atoms with Gasteiger partial charge in [-0.15, -0.1) is 0 Å². The maximum atomic E-state index is 15.0. The zero-order valence-corrected chi connectivity index (χ0v) is 23.6. The first-order valence-corrected chi connectivity index (χ1v) is 13.9. The normalized spacial score (nSPS) is 17.8. The Bertz CT molecular complexity index is 1400. The van der Waals surface area contributed by atoms with E-state index in [-0.39, 0.29) is 37.2 Å². The van der Waals surface area contributed by atoms with E-state index >= 15 is 4.39 Å². The van der Waals surface area contributed by atoms with E-state index in [1.54, 1.807) is 55.5 Å². The quantitative estimate of drug-likeness (QED) is 0.277. The average molecular weight is 578 g/mol. The van der Waals surface area contributed by atoms with Crippen LogP contribution in [0.4, 0.5) is 4.39 Å². The number of rotatable bonds is 11. The minimum Gasteiger partial charge on any atom is -0.508 e. The molecule has 1 saturated heterocycles. The monoisotopic (exact) mass is 577 g/mol. The molecule has 0 spiro atoms. The van der Waals surface area contributed by atoms with Crippen molar-refractivity contribution in [3.8, 4) is 11.5 Å². The van der Waals surface area contributed by atoms with Gasteiger partial charge in [0.2, 0.25) is 5.91 Å². The number of halogens is 1. The Morgan fingerprint density at radius 3 is 2.50 bits per heavy atom. The Kier molecular flexibility index (Phi) is 10.1. The van der Waals surface area contributed by atoms with Crippen LogP contribution in [-0.2, 0) is 22.6 Å². The number of phenols is 1. The van der Waals surface area contributed by atoms with Gasteiger partial charge in [-0.1, -0.05) is 48.5 Å². The highest BCUT2D eigenvalue weighted by molar-refractivity contribution is 5.97. The molecule has 4 N–H and O–H groups in total. The van der Waals surface area contributed by atoms with Crippen molar-refractivity contribution >= 4 is 17.7 Å². The number of aliphatic hydroxyl groups is 1. The number of ether oxygens (including phenoxy) is 1. The van der Waals surface area contributed by atoms with Crippen LogP contribution in [-0.4, -0.2) is 70.3 Å². The fraction of sp³-hybridized carbons (Fsp3) is 0.344. The lowest BCUT2D eigenvalue weighted by molar-refractivity contribution is -0.147. The zero-order valence-electron chi connectivity index (χ0n) is 23.6. The first-order chi connectivity index (χ1) is 20.2. The summed E-state index contributed by atoms with van der Waals surface area (Å²) in [6.07, 6.45) is -3.35. The van der Waals surface area contributed by atoms with Crippen LogP contribution >= 0.6 is 0 Å². The molecule has 0 aliphatic carbocycles. The molecular formula is C32H36FN3O6.